The molecule has 1 aliphatic rings. The van der Waals surface area contributed by atoms with Gasteiger partial charge in [-0.15, -0.1) is 0 Å². The second-order valence-corrected chi connectivity index (χ2v) is 4.55. The molecule has 0 radical (unpaired) electrons. The lowest BCUT2D eigenvalue weighted by atomic mass is 10.1. The molecule has 0 aromatic carbocycles. The van der Waals surface area contributed by atoms with E-state index >= 15 is 0 Å². The molecule has 108 valence electrons. The molecule has 8 N–H and O–H groups in total. The predicted octanol–water partition coefficient (Wildman–Crippen LogP) is -2.33. The van der Waals surface area contributed by atoms with E-state index in [9.17, 15) is 10.2 Å². The zero-order chi connectivity index (χ0) is 14.4. The molecule has 10 nitrogen and oxygen atoms in total. The van der Waals surface area contributed by atoms with Crippen LogP contribution in [-0.2, 0) is 4.74 Å². The molecule has 10 heteroatoms. The average Bonchev–Trinajstić information content (AvgIpc) is 2.91. The number of hydrogen-bond acceptors (Lipinski definition) is 9. The Hall–Kier alpha value is -2.01. The summed E-state index contributed by atoms with van der Waals surface area (Å²) in [5.41, 5.74) is 11.9. The van der Waals surface area contributed by atoms with Crippen molar-refractivity contribution in [3.63, 3.8) is 0 Å². The van der Waals surface area contributed by atoms with Crippen molar-refractivity contribution in [1.82, 2.24) is 19.9 Å². The topological polar surface area (TPSA) is 176 Å². The molecule has 3 rings (SSSR count). The Balaban J connectivity index is 2.02. The number of nitrogens with one attached hydrogen (secondary N) is 1. The van der Waals surface area contributed by atoms with Crippen molar-refractivity contribution in [2.24, 2.45) is 0 Å². The zero-order valence-corrected chi connectivity index (χ0v) is 10.3. The predicted molar refractivity (Wildman–Crippen MR) is 67.2 cm³/mol. The summed E-state index contributed by atoms with van der Waals surface area (Å²) in [6, 6.07) is 0. The molecule has 2 aromatic heterocycles. The van der Waals surface area contributed by atoms with Crippen LogP contribution in [0, 0.1) is 0 Å². The molecule has 1 aliphatic heterocycles. The SMILES string of the molecule is Nc1nc2nc(C3O[C@H](CO)[C@@H](O)[C@@H]3O)nc(N)c2[nH]1. The molecular weight excluding hydrogens is 268 g/mol. The van der Waals surface area contributed by atoms with E-state index in [0.717, 1.165) is 0 Å². The molecular formula is C10H14N6O4. The van der Waals surface area contributed by atoms with Gasteiger partial charge in [-0.3, -0.25) is 0 Å². The van der Waals surface area contributed by atoms with Gasteiger partial charge in [-0.2, -0.15) is 4.98 Å². The van der Waals surface area contributed by atoms with E-state index in [1.807, 2.05) is 0 Å². The van der Waals surface area contributed by atoms with E-state index in [4.69, 9.17) is 21.3 Å². The van der Waals surface area contributed by atoms with Crippen LogP contribution in [0.15, 0.2) is 0 Å². The third-order valence-corrected chi connectivity index (χ3v) is 3.21. The van der Waals surface area contributed by atoms with Crippen molar-refractivity contribution >= 4 is 22.9 Å². The third-order valence-electron chi connectivity index (χ3n) is 3.21. The van der Waals surface area contributed by atoms with Crippen LogP contribution < -0.4 is 11.5 Å². The van der Waals surface area contributed by atoms with Gasteiger partial charge in [-0.1, -0.05) is 0 Å². The number of rotatable bonds is 2. The third kappa shape index (κ3) is 1.86. The Labute approximate surface area is 112 Å². The minimum absolute atomic E-state index is 0.0731. The number of imidazole rings is 1. The second-order valence-electron chi connectivity index (χ2n) is 4.55. The summed E-state index contributed by atoms with van der Waals surface area (Å²) in [5.74, 6) is 0.315. The molecule has 20 heavy (non-hydrogen) atoms. The summed E-state index contributed by atoms with van der Waals surface area (Å²) < 4.78 is 5.33. The highest BCUT2D eigenvalue weighted by atomic mass is 16.6. The number of aromatic nitrogens is 4. The summed E-state index contributed by atoms with van der Waals surface area (Å²) >= 11 is 0. The number of nitrogens with zero attached hydrogens (tertiary/aromatic N) is 3. The van der Waals surface area contributed by atoms with E-state index in [1.54, 1.807) is 0 Å². The van der Waals surface area contributed by atoms with Crippen molar-refractivity contribution < 1.29 is 20.1 Å². The maximum absolute atomic E-state index is 9.92. The Morgan fingerprint density at radius 3 is 2.55 bits per heavy atom. The first-order valence-corrected chi connectivity index (χ1v) is 5.92. The van der Waals surface area contributed by atoms with Crippen LogP contribution in [-0.4, -0.2) is 60.2 Å². The Kier molecular flexibility index (Phi) is 2.94. The van der Waals surface area contributed by atoms with Crippen LogP contribution in [0.25, 0.3) is 11.2 Å². The molecule has 3 heterocycles. The quantitative estimate of drug-likeness (QED) is 0.352. The molecule has 2 aromatic rings. The summed E-state index contributed by atoms with van der Waals surface area (Å²) in [5, 5.41) is 28.7. The number of aromatic amines is 1. The summed E-state index contributed by atoms with van der Waals surface area (Å²) in [7, 11) is 0. The number of ether oxygens (including phenoxy) is 1. The smallest absolute Gasteiger partial charge is 0.200 e. The maximum Gasteiger partial charge on any atom is 0.200 e. The number of fused-ring (bicyclic) bond motifs is 1. The lowest BCUT2D eigenvalue weighted by Crippen LogP contribution is -2.32. The second kappa shape index (κ2) is 4.52. The maximum atomic E-state index is 9.92. The molecule has 0 aliphatic carbocycles. The number of nitrogen functional groups attached to an aromatic ring is 2. The lowest BCUT2D eigenvalue weighted by Gasteiger charge is -2.13. The van der Waals surface area contributed by atoms with Gasteiger partial charge in [-0.25, -0.2) is 9.97 Å². The van der Waals surface area contributed by atoms with Gasteiger partial charge < -0.3 is 36.5 Å². The Bertz CT molecular complexity index is 646. The molecule has 0 saturated carbocycles. The molecule has 1 unspecified atom stereocenters. The Morgan fingerprint density at radius 1 is 1.15 bits per heavy atom. The average molecular weight is 282 g/mol. The highest BCUT2D eigenvalue weighted by molar-refractivity contribution is 5.83. The molecule has 1 fully saturated rings. The van der Waals surface area contributed by atoms with E-state index in [-0.39, 0.29) is 23.2 Å². The van der Waals surface area contributed by atoms with Crippen LogP contribution in [0.4, 0.5) is 11.8 Å². The van der Waals surface area contributed by atoms with Gasteiger partial charge in [0.2, 0.25) is 0 Å². The minimum atomic E-state index is -1.26. The number of aliphatic hydroxyl groups is 3. The van der Waals surface area contributed by atoms with Crippen LogP contribution in [0.3, 0.4) is 0 Å². The van der Waals surface area contributed by atoms with Crippen LogP contribution >= 0.6 is 0 Å². The largest absolute Gasteiger partial charge is 0.394 e. The standard InChI is InChI=1S/C10H14N6O4/c11-7-3-8(16-10(12)13-3)15-9(14-7)6-5(19)4(18)2(1-17)20-6/h2,4-6,17-19H,1H2,(H5,11,12,13,14,15,16)/t2-,4-,5+,6?/m1/s1. The molecule has 1 saturated heterocycles. The van der Waals surface area contributed by atoms with E-state index in [1.165, 1.54) is 0 Å². The van der Waals surface area contributed by atoms with Gasteiger partial charge in [0.15, 0.2) is 23.2 Å². The fourth-order valence-corrected chi connectivity index (χ4v) is 2.19. The zero-order valence-electron chi connectivity index (χ0n) is 10.3. The van der Waals surface area contributed by atoms with Crippen LogP contribution in [0.5, 0.6) is 0 Å². The molecule has 4 atom stereocenters. The van der Waals surface area contributed by atoms with Gasteiger partial charge in [0.25, 0.3) is 0 Å². The van der Waals surface area contributed by atoms with Crippen LogP contribution in [0.2, 0.25) is 0 Å². The van der Waals surface area contributed by atoms with E-state index < -0.39 is 31.0 Å². The van der Waals surface area contributed by atoms with E-state index in [2.05, 4.69) is 19.9 Å². The first-order valence-electron chi connectivity index (χ1n) is 5.92. The summed E-state index contributed by atoms with van der Waals surface area (Å²) in [4.78, 5) is 14.8. The van der Waals surface area contributed by atoms with Gasteiger partial charge in [0, 0.05) is 0 Å². The van der Waals surface area contributed by atoms with Crippen molar-refractivity contribution in [3.05, 3.63) is 5.82 Å². The van der Waals surface area contributed by atoms with Gasteiger partial charge in [-0.05, 0) is 0 Å². The normalized spacial score (nSPS) is 30.1. The number of anilines is 2. The fraction of sp³-hybridized carbons (Fsp3) is 0.500. The monoisotopic (exact) mass is 282 g/mol. The lowest BCUT2D eigenvalue weighted by molar-refractivity contribution is -0.0251. The minimum Gasteiger partial charge on any atom is -0.394 e. The number of aliphatic hydroxyl groups excluding tert-OH is 3. The van der Waals surface area contributed by atoms with Gasteiger partial charge >= 0.3 is 0 Å². The number of nitrogens with two attached hydrogens (primary N) is 2. The van der Waals surface area contributed by atoms with Crippen LogP contribution in [0.1, 0.15) is 11.9 Å². The van der Waals surface area contributed by atoms with Crippen molar-refractivity contribution in [2.45, 2.75) is 24.4 Å². The highest BCUT2D eigenvalue weighted by Gasteiger charge is 2.44. The Morgan fingerprint density at radius 2 is 1.90 bits per heavy atom. The summed E-state index contributed by atoms with van der Waals surface area (Å²) in [6.45, 7) is -0.429. The highest BCUT2D eigenvalue weighted by Crippen LogP contribution is 2.32. The van der Waals surface area contributed by atoms with Gasteiger partial charge in [0.05, 0.1) is 6.61 Å². The summed E-state index contributed by atoms with van der Waals surface area (Å²) in [6.07, 6.45) is -4.39. The van der Waals surface area contributed by atoms with Gasteiger partial charge in [0.1, 0.15) is 29.9 Å². The number of hydrogen-bond donors (Lipinski definition) is 6. The first kappa shape index (κ1) is 13.0. The molecule has 0 bridgehead atoms. The molecule has 0 amide bonds. The first-order chi connectivity index (χ1) is 9.51. The molecule has 0 spiro atoms. The van der Waals surface area contributed by atoms with Crippen molar-refractivity contribution in [2.75, 3.05) is 18.1 Å². The van der Waals surface area contributed by atoms with Crippen molar-refractivity contribution in [3.8, 4) is 0 Å². The van der Waals surface area contributed by atoms with Crippen molar-refractivity contribution in [1.29, 1.82) is 0 Å². The number of H-pyrrole nitrogens is 1. The van der Waals surface area contributed by atoms with E-state index in [0.29, 0.717) is 5.52 Å². The fourth-order valence-electron chi connectivity index (χ4n) is 2.19.